The lowest BCUT2D eigenvalue weighted by atomic mass is 9.81. The van der Waals surface area contributed by atoms with Crippen LogP contribution in [0, 0.1) is 0 Å². The maximum atomic E-state index is 3.50. The summed E-state index contributed by atoms with van der Waals surface area (Å²) in [5, 5.41) is 3.50. The molecule has 1 heteroatoms. The van der Waals surface area contributed by atoms with Gasteiger partial charge >= 0.3 is 0 Å². The molecule has 0 bridgehead atoms. The monoisotopic (exact) mass is 233 g/mol. The third-order valence-electron chi connectivity index (χ3n) is 3.32. The first-order chi connectivity index (χ1) is 8.92. The van der Waals surface area contributed by atoms with E-state index in [0.29, 0.717) is 0 Å². The number of hydrogen-bond acceptors (Lipinski definition) is 1. The van der Waals surface area contributed by atoms with Crippen LogP contribution in [0.25, 0.3) is 0 Å². The highest BCUT2D eigenvalue weighted by Gasteiger charge is 2.30. The first-order valence-electron chi connectivity index (χ1n) is 6.15. The first kappa shape index (κ1) is 10.8. The second-order valence-corrected chi connectivity index (χ2v) is 4.40. The van der Waals surface area contributed by atoms with E-state index in [0.717, 1.165) is 0 Å². The van der Waals surface area contributed by atoms with Crippen LogP contribution in [0.4, 0.5) is 0 Å². The van der Waals surface area contributed by atoms with Gasteiger partial charge in [-0.05, 0) is 23.4 Å². The number of nitrogens with one attached hydrogen (secondary N) is 1. The van der Waals surface area contributed by atoms with Crippen LogP contribution in [-0.4, -0.2) is 0 Å². The fourth-order valence-electron chi connectivity index (χ4n) is 2.41. The van der Waals surface area contributed by atoms with Gasteiger partial charge in [0.2, 0.25) is 0 Å². The SMILES string of the molecule is C1=CNC(c2ccccc2)(c2ccccc2)C=C1. The average molecular weight is 233 g/mol. The van der Waals surface area contributed by atoms with Crippen LogP contribution >= 0.6 is 0 Å². The van der Waals surface area contributed by atoms with Gasteiger partial charge in [0, 0.05) is 0 Å². The van der Waals surface area contributed by atoms with E-state index in [1.165, 1.54) is 11.1 Å². The van der Waals surface area contributed by atoms with Crippen molar-refractivity contribution < 1.29 is 0 Å². The smallest absolute Gasteiger partial charge is 0.107 e. The van der Waals surface area contributed by atoms with Crippen LogP contribution in [0.3, 0.4) is 0 Å². The van der Waals surface area contributed by atoms with Crippen LogP contribution in [0.15, 0.2) is 85.1 Å². The Bertz CT molecular complexity index is 528. The van der Waals surface area contributed by atoms with E-state index in [4.69, 9.17) is 0 Å². The van der Waals surface area contributed by atoms with Gasteiger partial charge < -0.3 is 5.32 Å². The quantitative estimate of drug-likeness (QED) is 0.835. The summed E-state index contributed by atoms with van der Waals surface area (Å²) in [6.07, 6.45) is 8.32. The van der Waals surface area contributed by atoms with Crippen molar-refractivity contribution in [2.75, 3.05) is 0 Å². The zero-order chi connectivity index (χ0) is 12.3. The Morgan fingerprint density at radius 1 is 0.667 bits per heavy atom. The zero-order valence-electron chi connectivity index (χ0n) is 10.1. The van der Waals surface area contributed by atoms with E-state index in [1.54, 1.807) is 0 Å². The van der Waals surface area contributed by atoms with Crippen molar-refractivity contribution in [2.45, 2.75) is 5.54 Å². The molecule has 0 radical (unpaired) electrons. The lowest BCUT2D eigenvalue weighted by molar-refractivity contribution is 0.567. The third kappa shape index (κ3) is 1.74. The number of dihydropyridines is 1. The molecule has 0 unspecified atom stereocenters. The highest BCUT2D eigenvalue weighted by Crippen LogP contribution is 2.32. The topological polar surface area (TPSA) is 12.0 Å². The molecule has 1 heterocycles. The van der Waals surface area contributed by atoms with E-state index >= 15 is 0 Å². The molecule has 0 aliphatic carbocycles. The number of allylic oxidation sites excluding steroid dienone is 2. The molecule has 2 aromatic rings. The van der Waals surface area contributed by atoms with E-state index in [-0.39, 0.29) is 5.54 Å². The lowest BCUT2D eigenvalue weighted by Gasteiger charge is -2.34. The third-order valence-corrected chi connectivity index (χ3v) is 3.32. The lowest BCUT2D eigenvalue weighted by Crippen LogP contribution is -2.39. The van der Waals surface area contributed by atoms with Gasteiger partial charge in [-0.15, -0.1) is 0 Å². The van der Waals surface area contributed by atoms with Crippen molar-refractivity contribution in [3.05, 3.63) is 96.2 Å². The Labute approximate surface area is 107 Å². The molecule has 1 aliphatic rings. The summed E-state index contributed by atoms with van der Waals surface area (Å²) < 4.78 is 0. The van der Waals surface area contributed by atoms with E-state index in [1.807, 2.05) is 24.4 Å². The highest BCUT2D eigenvalue weighted by atomic mass is 15.0. The van der Waals surface area contributed by atoms with Gasteiger partial charge in [0.15, 0.2) is 0 Å². The number of benzene rings is 2. The maximum absolute atomic E-state index is 3.50. The second-order valence-electron chi connectivity index (χ2n) is 4.40. The number of hydrogen-bond donors (Lipinski definition) is 1. The summed E-state index contributed by atoms with van der Waals surface area (Å²) in [6.45, 7) is 0. The average Bonchev–Trinajstić information content (AvgIpc) is 2.50. The van der Waals surface area contributed by atoms with Gasteiger partial charge in [0.05, 0.1) is 0 Å². The van der Waals surface area contributed by atoms with Gasteiger partial charge in [-0.3, -0.25) is 0 Å². The van der Waals surface area contributed by atoms with Crippen molar-refractivity contribution in [3.63, 3.8) is 0 Å². The van der Waals surface area contributed by atoms with Gasteiger partial charge in [-0.25, -0.2) is 0 Å². The van der Waals surface area contributed by atoms with E-state index < -0.39 is 0 Å². The molecule has 2 aromatic carbocycles. The van der Waals surface area contributed by atoms with E-state index in [2.05, 4.69) is 66.0 Å². The summed E-state index contributed by atoms with van der Waals surface area (Å²) in [7, 11) is 0. The Morgan fingerprint density at radius 3 is 1.67 bits per heavy atom. The summed E-state index contributed by atoms with van der Waals surface area (Å²) in [5.41, 5.74) is 2.24. The molecule has 0 atom stereocenters. The molecule has 18 heavy (non-hydrogen) atoms. The van der Waals surface area contributed by atoms with Crippen LogP contribution in [0.2, 0.25) is 0 Å². The van der Waals surface area contributed by atoms with Crippen molar-refractivity contribution in [1.29, 1.82) is 0 Å². The van der Waals surface area contributed by atoms with Gasteiger partial charge in [-0.2, -0.15) is 0 Å². The molecule has 0 amide bonds. The van der Waals surface area contributed by atoms with Crippen LogP contribution in [0.5, 0.6) is 0 Å². The molecule has 0 saturated heterocycles. The molecule has 1 N–H and O–H groups in total. The highest BCUT2D eigenvalue weighted by molar-refractivity contribution is 5.45. The van der Waals surface area contributed by atoms with E-state index in [9.17, 15) is 0 Å². The second kappa shape index (κ2) is 4.53. The minimum atomic E-state index is -0.253. The Balaban J connectivity index is 2.17. The normalized spacial score (nSPS) is 16.2. The molecule has 1 aliphatic heterocycles. The minimum Gasteiger partial charge on any atom is -0.374 e. The Kier molecular flexibility index (Phi) is 2.73. The molecule has 0 spiro atoms. The first-order valence-corrected chi connectivity index (χ1v) is 6.15. The summed E-state index contributed by atoms with van der Waals surface area (Å²) in [6, 6.07) is 21.0. The van der Waals surface area contributed by atoms with Gasteiger partial charge in [0.1, 0.15) is 5.54 Å². The number of rotatable bonds is 2. The molecule has 0 aromatic heterocycles. The summed E-state index contributed by atoms with van der Waals surface area (Å²) >= 11 is 0. The van der Waals surface area contributed by atoms with Crippen molar-refractivity contribution in [3.8, 4) is 0 Å². The Hall–Kier alpha value is -2.28. The molecule has 3 rings (SSSR count). The van der Waals surface area contributed by atoms with Crippen LogP contribution < -0.4 is 5.32 Å². The standard InChI is InChI=1S/C17H15N/c1-3-9-15(10-4-1)17(13-7-8-14-18-17)16-11-5-2-6-12-16/h1-14,18H. The van der Waals surface area contributed by atoms with Crippen molar-refractivity contribution in [1.82, 2.24) is 5.32 Å². The molecular weight excluding hydrogens is 218 g/mol. The van der Waals surface area contributed by atoms with Crippen LogP contribution in [0.1, 0.15) is 11.1 Å². The molecule has 88 valence electrons. The summed E-state index contributed by atoms with van der Waals surface area (Å²) in [5.74, 6) is 0. The summed E-state index contributed by atoms with van der Waals surface area (Å²) in [4.78, 5) is 0. The Morgan fingerprint density at radius 2 is 1.22 bits per heavy atom. The maximum Gasteiger partial charge on any atom is 0.107 e. The van der Waals surface area contributed by atoms with Crippen LogP contribution in [-0.2, 0) is 5.54 Å². The molecule has 1 nitrogen and oxygen atoms in total. The predicted molar refractivity (Wildman–Crippen MR) is 75.1 cm³/mol. The van der Waals surface area contributed by atoms with Gasteiger partial charge in [0.25, 0.3) is 0 Å². The minimum absolute atomic E-state index is 0.253. The van der Waals surface area contributed by atoms with Crippen molar-refractivity contribution in [2.24, 2.45) is 0 Å². The predicted octanol–water partition coefficient (Wildman–Crippen LogP) is 3.60. The molecule has 0 saturated carbocycles. The molecular formula is C17H15N. The zero-order valence-corrected chi connectivity index (χ0v) is 10.1. The van der Waals surface area contributed by atoms with Gasteiger partial charge in [-0.1, -0.05) is 72.8 Å². The van der Waals surface area contributed by atoms with Crippen molar-refractivity contribution >= 4 is 0 Å². The molecule has 0 fully saturated rings. The largest absolute Gasteiger partial charge is 0.374 e. The fraction of sp³-hybridized carbons (Fsp3) is 0.0588. The fourth-order valence-corrected chi connectivity index (χ4v) is 2.41.